The minimum absolute atomic E-state index is 0.220. The van der Waals surface area contributed by atoms with Gasteiger partial charge >= 0.3 is 0 Å². The van der Waals surface area contributed by atoms with E-state index < -0.39 is 18.2 Å². The van der Waals surface area contributed by atoms with Crippen molar-refractivity contribution in [3.8, 4) is 28.4 Å². The van der Waals surface area contributed by atoms with Crippen LogP contribution in [0.4, 0.5) is 11.4 Å². The Morgan fingerprint density at radius 2 is 1.18 bits per heavy atom. The van der Waals surface area contributed by atoms with Gasteiger partial charge in [0.05, 0.1) is 27.8 Å². The van der Waals surface area contributed by atoms with Gasteiger partial charge in [-0.3, -0.25) is 4.57 Å². The Labute approximate surface area is 428 Å². The highest BCUT2D eigenvalue weighted by atomic mass is 16.5. The molecule has 12 rings (SSSR count). The number of hydrogen-bond acceptors (Lipinski definition) is 3. The molecule has 0 atom stereocenters. The summed E-state index contributed by atoms with van der Waals surface area (Å²) in [7, 11) is 0. The molecule has 0 aliphatic carbocycles. The fourth-order valence-corrected chi connectivity index (χ4v) is 10.9. The Morgan fingerprint density at radius 3 is 1.89 bits per heavy atom. The first-order valence-electron chi connectivity index (χ1n) is 27.2. The van der Waals surface area contributed by atoms with Crippen molar-refractivity contribution in [1.29, 1.82) is 0 Å². The smallest absolute Gasteiger partial charge is 0.137 e. The van der Waals surface area contributed by atoms with Gasteiger partial charge in [-0.15, -0.1) is 0 Å². The van der Waals surface area contributed by atoms with Crippen molar-refractivity contribution in [1.82, 2.24) is 14.1 Å². The number of fused-ring (bicyclic) bond motifs is 10. The molecule has 0 saturated carbocycles. The van der Waals surface area contributed by atoms with Crippen molar-refractivity contribution in [3.63, 3.8) is 0 Å². The summed E-state index contributed by atoms with van der Waals surface area (Å²) in [6, 6.07) is 63.7. The zero-order valence-electron chi connectivity index (χ0n) is 46.4. The van der Waals surface area contributed by atoms with Crippen molar-refractivity contribution in [2.45, 2.75) is 80.2 Å². The van der Waals surface area contributed by atoms with Crippen LogP contribution in [-0.4, -0.2) is 14.1 Å². The van der Waals surface area contributed by atoms with Gasteiger partial charge in [-0.25, -0.2) is 4.98 Å². The molecule has 0 spiro atoms. The van der Waals surface area contributed by atoms with Crippen LogP contribution in [0.25, 0.3) is 82.1 Å². The van der Waals surface area contributed by atoms with Crippen molar-refractivity contribution >= 4 is 76.5 Å². The number of benzene rings is 8. The van der Waals surface area contributed by atoms with E-state index in [1.165, 1.54) is 0 Å². The lowest BCUT2D eigenvalue weighted by Crippen LogP contribution is -2.15. The standard InChI is InChI=1S/C67H62N4O/c1-43(2)34-44-32-33-68-63(37-44)71-60-28-14-13-24-56(60)57-31-30-50(40-62(57)71)72-49-19-15-18-48(39-49)69-42-70-64-51(46-35-45(41-66(3,4)5)36-47(38-46)67(6,7)8)25-16-26-58(64)54-22-11-9-20-52(54)53-21-10-12-23-55(53)59-27-17-29-61(69)65(59)70/h9-33,35-40,43H,34,41-42H2,1-8H3/i34D2,41D2. The van der Waals surface area contributed by atoms with Crippen molar-refractivity contribution < 1.29 is 10.2 Å². The third-order valence-corrected chi connectivity index (χ3v) is 14.0. The first-order valence-corrected chi connectivity index (χ1v) is 25.2. The van der Waals surface area contributed by atoms with E-state index in [2.05, 4.69) is 180 Å². The molecule has 3 aromatic heterocycles. The molecule has 72 heavy (non-hydrogen) atoms. The van der Waals surface area contributed by atoms with Gasteiger partial charge in [-0.1, -0.05) is 177 Å². The van der Waals surface area contributed by atoms with Gasteiger partial charge in [0.1, 0.15) is 24.0 Å². The highest BCUT2D eigenvalue weighted by Crippen LogP contribution is 2.46. The molecule has 0 saturated heterocycles. The third kappa shape index (κ3) is 8.11. The van der Waals surface area contributed by atoms with Crippen LogP contribution >= 0.6 is 0 Å². The molecule has 11 aromatic rings. The molecule has 5 nitrogen and oxygen atoms in total. The molecule has 1 aliphatic rings. The Kier molecular flexibility index (Phi) is 9.89. The van der Waals surface area contributed by atoms with Gasteiger partial charge in [0.25, 0.3) is 0 Å². The monoisotopic (exact) mass is 943 g/mol. The van der Waals surface area contributed by atoms with E-state index in [1.807, 2.05) is 65.0 Å². The second-order valence-corrected chi connectivity index (χ2v) is 21.7. The Morgan fingerprint density at radius 1 is 0.556 bits per heavy atom. The van der Waals surface area contributed by atoms with Crippen LogP contribution in [0.1, 0.15) is 77.6 Å². The van der Waals surface area contributed by atoms with Gasteiger partial charge in [-0.05, 0) is 122 Å². The Bertz CT molecular complexity index is 4210. The average Bonchev–Trinajstić information content (AvgIpc) is 4.05. The second kappa shape index (κ2) is 17.5. The van der Waals surface area contributed by atoms with E-state index >= 15 is 0 Å². The topological polar surface area (TPSA) is 35.2 Å². The van der Waals surface area contributed by atoms with Crippen LogP contribution in [0, 0.1) is 11.3 Å². The highest BCUT2D eigenvalue weighted by molar-refractivity contribution is 6.22. The normalized spacial score (nSPS) is 14.1. The van der Waals surface area contributed by atoms with E-state index in [-0.39, 0.29) is 11.3 Å². The first-order chi connectivity index (χ1) is 36.3. The maximum atomic E-state index is 9.59. The molecule has 5 heteroatoms. The van der Waals surface area contributed by atoms with Crippen LogP contribution in [-0.2, 0) is 24.8 Å². The molecule has 0 unspecified atom stereocenters. The van der Waals surface area contributed by atoms with Crippen LogP contribution in [0.5, 0.6) is 11.5 Å². The maximum Gasteiger partial charge on any atom is 0.137 e. The average molecular weight is 943 g/mol. The summed E-state index contributed by atoms with van der Waals surface area (Å²) in [4.78, 5) is 7.19. The molecule has 4 heterocycles. The SMILES string of the molecule is [2H]C([2H])(c1ccnc(-n2c3ccccc3c3ccc(Oc4cccc(N5Cn6c7c(-c8cc(C(C)(C)C)cc(C([2H])([2H])C(C)(C)C)c8)cccc7c7ccccc7c7ccccc7c7cccc5c76)c4)cc32)c1)C(C)C. The zero-order valence-corrected chi connectivity index (χ0v) is 42.4. The lowest BCUT2D eigenvalue weighted by Gasteiger charge is -2.25. The third-order valence-electron chi connectivity index (χ3n) is 14.0. The molecule has 356 valence electrons. The number of rotatable bonds is 8. The van der Waals surface area contributed by atoms with Crippen LogP contribution < -0.4 is 9.64 Å². The minimum Gasteiger partial charge on any atom is -0.457 e. The van der Waals surface area contributed by atoms with Crippen LogP contribution in [0.3, 0.4) is 0 Å². The number of aromatic nitrogens is 3. The largest absolute Gasteiger partial charge is 0.457 e. The first kappa shape index (κ1) is 40.8. The number of pyridine rings is 1. The van der Waals surface area contributed by atoms with Gasteiger partial charge in [-0.2, -0.15) is 0 Å². The van der Waals surface area contributed by atoms with Crippen LogP contribution in [0.15, 0.2) is 188 Å². The molecule has 0 fully saturated rings. The maximum absolute atomic E-state index is 9.59. The summed E-state index contributed by atoms with van der Waals surface area (Å²) < 4.78 is 48.5. The fraction of sp³-hybridized carbons (Fsp3) is 0.209. The number of hydrogen-bond donors (Lipinski definition) is 0. The lowest BCUT2D eigenvalue weighted by atomic mass is 9.81. The van der Waals surface area contributed by atoms with Crippen molar-refractivity contribution in [3.05, 3.63) is 205 Å². The Balaban J connectivity index is 1.05. The molecule has 0 bridgehead atoms. The minimum atomic E-state index is -1.62. The predicted molar refractivity (Wildman–Crippen MR) is 305 cm³/mol. The summed E-state index contributed by atoms with van der Waals surface area (Å²) >= 11 is 0. The summed E-state index contributed by atoms with van der Waals surface area (Å²) in [5, 5.41) is 8.93. The van der Waals surface area contributed by atoms with Crippen molar-refractivity contribution in [2.75, 3.05) is 4.90 Å². The molecule has 8 aromatic carbocycles. The summed E-state index contributed by atoms with van der Waals surface area (Å²) in [6.45, 7) is 16.9. The Hall–Kier alpha value is -7.89. The van der Waals surface area contributed by atoms with Gasteiger partial charge in [0.15, 0.2) is 0 Å². The van der Waals surface area contributed by atoms with E-state index in [0.717, 1.165) is 93.2 Å². The number of nitrogens with zero attached hydrogens (tertiary/aromatic N) is 4. The predicted octanol–water partition coefficient (Wildman–Crippen LogP) is 18.4. The molecular weight excluding hydrogens is 877 g/mol. The highest BCUT2D eigenvalue weighted by Gasteiger charge is 2.27. The van der Waals surface area contributed by atoms with Gasteiger partial charge in [0.2, 0.25) is 0 Å². The molecule has 0 amide bonds. The van der Waals surface area contributed by atoms with Crippen LogP contribution in [0.2, 0.25) is 0 Å². The number of para-hydroxylation sites is 3. The summed E-state index contributed by atoms with van der Waals surface area (Å²) in [6.07, 6.45) is -1.45. The van der Waals surface area contributed by atoms with Gasteiger partial charge in [0, 0.05) is 56.6 Å². The van der Waals surface area contributed by atoms with E-state index in [4.69, 9.17) is 12.5 Å². The van der Waals surface area contributed by atoms with Gasteiger partial charge < -0.3 is 14.2 Å². The van der Waals surface area contributed by atoms with Crippen molar-refractivity contribution in [2.24, 2.45) is 11.3 Å². The summed E-state index contributed by atoms with van der Waals surface area (Å²) in [5.74, 6) is 1.77. The second-order valence-electron chi connectivity index (χ2n) is 21.7. The molecule has 0 N–H and O–H groups in total. The fourth-order valence-electron chi connectivity index (χ4n) is 10.9. The zero-order chi connectivity index (χ0) is 53.1. The quantitative estimate of drug-likeness (QED) is 0.152. The summed E-state index contributed by atoms with van der Waals surface area (Å²) in [5.41, 5.74) is 9.53. The van der Waals surface area contributed by atoms with E-state index in [9.17, 15) is 2.74 Å². The molecular formula is C67H62N4O. The number of ether oxygens (including phenoxy) is 1. The number of anilines is 2. The molecule has 0 radical (unpaired) electrons. The van der Waals surface area contributed by atoms with E-state index in [0.29, 0.717) is 35.1 Å². The molecule has 1 aliphatic heterocycles. The van der Waals surface area contributed by atoms with E-state index in [1.54, 1.807) is 12.3 Å². The lowest BCUT2D eigenvalue weighted by molar-refractivity contribution is 0.411.